The van der Waals surface area contributed by atoms with Crippen molar-refractivity contribution in [2.75, 3.05) is 0 Å². The first kappa shape index (κ1) is 7.59. The fraction of sp³-hybridized carbons (Fsp3) is 0.500. The number of hydrogen-bond acceptors (Lipinski definition) is 1. The minimum atomic E-state index is 0.267. The highest BCUT2D eigenvalue weighted by Gasteiger charge is 2.16. The van der Waals surface area contributed by atoms with Crippen LogP contribution < -0.4 is 0 Å². The topological polar surface area (TPSA) is 22.0 Å². The molecular formula is C10H13NO. The molecule has 2 rings (SSSR count). The molecule has 1 aromatic rings. The maximum Gasteiger partial charge on any atom is 0.178 e. The standard InChI is InChI=1S/C10H13NO/c1-2-10(12)9-6-5-8-4-3-7-11(8)9/h5-6H,2-4,7H2,1H3. The second kappa shape index (κ2) is 2.77. The van der Waals surface area contributed by atoms with Gasteiger partial charge in [-0.1, -0.05) is 6.92 Å². The zero-order valence-corrected chi connectivity index (χ0v) is 7.34. The largest absolute Gasteiger partial charge is 0.342 e. The van der Waals surface area contributed by atoms with Crippen LogP contribution in [0.3, 0.4) is 0 Å². The predicted octanol–water partition coefficient (Wildman–Crippen LogP) is 2.03. The van der Waals surface area contributed by atoms with Gasteiger partial charge in [-0.05, 0) is 25.0 Å². The summed E-state index contributed by atoms with van der Waals surface area (Å²) in [6.07, 6.45) is 2.95. The highest BCUT2D eigenvalue weighted by molar-refractivity contribution is 5.94. The second-order valence-electron chi connectivity index (χ2n) is 3.24. The summed E-state index contributed by atoms with van der Waals surface area (Å²) in [5, 5.41) is 0. The molecule has 1 aliphatic rings. The third kappa shape index (κ3) is 0.986. The Balaban J connectivity index is 2.39. The van der Waals surface area contributed by atoms with E-state index in [9.17, 15) is 4.79 Å². The lowest BCUT2D eigenvalue weighted by molar-refractivity contribution is 0.0979. The van der Waals surface area contributed by atoms with Gasteiger partial charge in [-0.15, -0.1) is 0 Å². The van der Waals surface area contributed by atoms with E-state index in [-0.39, 0.29) is 5.78 Å². The molecule has 1 aromatic heterocycles. The van der Waals surface area contributed by atoms with E-state index in [1.807, 2.05) is 13.0 Å². The first-order valence-corrected chi connectivity index (χ1v) is 4.54. The van der Waals surface area contributed by atoms with Gasteiger partial charge in [0, 0.05) is 18.7 Å². The van der Waals surface area contributed by atoms with E-state index in [1.165, 1.54) is 12.1 Å². The number of hydrogen-bond donors (Lipinski definition) is 0. The Hall–Kier alpha value is -1.05. The predicted molar refractivity (Wildman–Crippen MR) is 47.4 cm³/mol. The van der Waals surface area contributed by atoms with Crippen molar-refractivity contribution >= 4 is 5.78 Å². The molecule has 0 spiro atoms. The number of aryl methyl sites for hydroxylation is 1. The van der Waals surface area contributed by atoms with E-state index in [1.54, 1.807) is 0 Å². The molecule has 0 bridgehead atoms. The lowest BCUT2D eigenvalue weighted by Crippen LogP contribution is -2.05. The van der Waals surface area contributed by atoms with Gasteiger partial charge in [0.05, 0.1) is 5.69 Å². The Kier molecular flexibility index (Phi) is 1.75. The highest BCUT2D eigenvalue weighted by Crippen LogP contribution is 2.19. The summed E-state index contributed by atoms with van der Waals surface area (Å²) in [4.78, 5) is 11.4. The summed E-state index contributed by atoms with van der Waals surface area (Å²) >= 11 is 0. The van der Waals surface area contributed by atoms with E-state index < -0.39 is 0 Å². The number of aromatic nitrogens is 1. The zero-order chi connectivity index (χ0) is 8.55. The Labute approximate surface area is 72.2 Å². The third-order valence-corrected chi connectivity index (χ3v) is 2.49. The molecule has 1 aliphatic heterocycles. The van der Waals surface area contributed by atoms with E-state index in [0.29, 0.717) is 6.42 Å². The highest BCUT2D eigenvalue weighted by atomic mass is 16.1. The number of carbonyl (C=O) groups excluding carboxylic acids is 1. The van der Waals surface area contributed by atoms with Crippen LogP contribution >= 0.6 is 0 Å². The zero-order valence-electron chi connectivity index (χ0n) is 7.34. The fourth-order valence-corrected chi connectivity index (χ4v) is 1.84. The van der Waals surface area contributed by atoms with Crippen LogP contribution in [0.4, 0.5) is 0 Å². The van der Waals surface area contributed by atoms with Crippen molar-refractivity contribution in [3.63, 3.8) is 0 Å². The molecule has 0 saturated carbocycles. The van der Waals surface area contributed by atoms with Crippen molar-refractivity contribution in [1.82, 2.24) is 4.57 Å². The van der Waals surface area contributed by atoms with Crippen molar-refractivity contribution in [3.05, 3.63) is 23.5 Å². The maximum absolute atomic E-state index is 11.4. The van der Waals surface area contributed by atoms with Gasteiger partial charge in [0.15, 0.2) is 5.78 Å². The molecule has 2 heteroatoms. The van der Waals surface area contributed by atoms with Crippen LogP contribution in [-0.2, 0) is 13.0 Å². The van der Waals surface area contributed by atoms with Crippen LogP contribution in [0.2, 0.25) is 0 Å². The molecular weight excluding hydrogens is 150 g/mol. The van der Waals surface area contributed by atoms with Gasteiger partial charge >= 0.3 is 0 Å². The van der Waals surface area contributed by atoms with E-state index >= 15 is 0 Å². The van der Waals surface area contributed by atoms with Crippen molar-refractivity contribution in [2.24, 2.45) is 0 Å². The van der Waals surface area contributed by atoms with Crippen LogP contribution in [0.15, 0.2) is 12.1 Å². The van der Waals surface area contributed by atoms with Crippen molar-refractivity contribution in [1.29, 1.82) is 0 Å². The quantitative estimate of drug-likeness (QED) is 0.611. The van der Waals surface area contributed by atoms with E-state index in [4.69, 9.17) is 0 Å². The maximum atomic E-state index is 11.4. The number of ketones is 1. The summed E-state index contributed by atoms with van der Waals surface area (Å²) in [6.45, 7) is 2.95. The lowest BCUT2D eigenvalue weighted by Gasteiger charge is -2.02. The molecule has 0 fully saturated rings. The van der Waals surface area contributed by atoms with Crippen molar-refractivity contribution in [3.8, 4) is 0 Å². The summed E-state index contributed by atoms with van der Waals surface area (Å²) in [5.41, 5.74) is 2.23. The molecule has 0 saturated heterocycles. The van der Waals surface area contributed by atoms with Crippen LogP contribution in [0.5, 0.6) is 0 Å². The SMILES string of the molecule is CCC(=O)c1ccc2n1CCC2. The molecule has 0 atom stereocenters. The summed E-state index contributed by atoms with van der Waals surface area (Å²) in [6, 6.07) is 4.04. The normalized spacial score (nSPS) is 14.8. The van der Waals surface area contributed by atoms with Gasteiger partial charge in [-0.25, -0.2) is 0 Å². The summed E-state index contributed by atoms with van der Waals surface area (Å²) in [7, 11) is 0. The second-order valence-corrected chi connectivity index (χ2v) is 3.24. The Bertz CT molecular complexity index is 312. The van der Waals surface area contributed by atoms with Gasteiger partial charge in [-0.2, -0.15) is 0 Å². The molecule has 0 unspecified atom stereocenters. The average Bonchev–Trinajstić information content (AvgIpc) is 2.62. The summed E-state index contributed by atoms with van der Waals surface area (Å²) in [5.74, 6) is 0.267. The molecule has 0 aliphatic carbocycles. The number of fused-ring (bicyclic) bond motifs is 1. The minimum Gasteiger partial charge on any atom is -0.342 e. The smallest absolute Gasteiger partial charge is 0.178 e. The molecule has 0 aromatic carbocycles. The van der Waals surface area contributed by atoms with Gasteiger partial charge in [0.25, 0.3) is 0 Å². The van der Waals surface area contributed by atoms with E-state index in [2.05, 4.69) is 10.6 Å². The van der Waals surface area contributed by atoms with Crippen LogP contribution in [0.25, 0.3) is 0 Å². The van der Waals surface area contributed by atoms with Crippen LogP contribution in [0.1, 0.15) is 35.9 Å². The van der Waals surface area contributed by atoms with Gasteiger partial charge in [-0.3, -0.25) is 4.79 Å². The fourth-order valence-electron chi connectivity index (χ4n) is 1.84. The Morgan fingerprint density at radius 3 is 3.17 bits per heavy atom. The Morgan fingerprint density at radius 2 is 2.42 bits per heavy atom. The molecule has 0 radical (unpaired) electrons. The minimum absolute atomic E-state index is 0.267. The van der Waals surface area contributed by atoms with Crippen LogP contribution in [-0.4, -0.2) is 10.4 Å². The lowest BCUT2D eigenvalue weighted by atomic mass is 10.2. The monoisotopic (exact) mass is 163 g/mol. The number of Topliss-reactive ketones (excluding diaryl/α,β-unsaturated/α-hetero) is 1. The van der Waals surface area contributed by atoms with Crippen molar-refractivity contribution < 1.29 is 4.79 Å². The van der Waals surface area contributed by atoms with Gasteiger partial charge < -0.3 is 4.57 Å². The first-order chi connectivity index (χ1) is 5.83. The van der Waals surface area contributed by atoms with Crippen LogP contribution in [0, 0.1) is 0 Å². The number of rotatable bonds is 2. The molecule has 2 nitrogen and oxygen atoms in total. The van der Waals surface area contributed by atoms with Gasteiger partial charge in [0.2, 0.25) is 0 Å². The van der Waals surface area contributed by atoms with Gasteiger partial charge in [0.1, 0.15) is 0 Å². The third-order valence-electron chi connectivity index (χ3n) is 2.49. The molecule has 0 N–H and O–H groups in total. The summed E-state index contributed by atoms with van der Waals surface area (Å²) < 4.78 is 2.16. The molecule has 2 heterocycles. The van der Waals surface area contributed by atoms with E-state index in [0.717, 1.165) is 18.7 Å². The Morgan fingerprint density at radius 1 is 1.58 bits per heavy atom. The first-order valence-electron chi connectivity index (χ1n) is 4.54. The molecule has 0 amide bonds. The number of nitrogens with zero attached hydrogens (tertiary/aromatic N) is 1. The molecule has 12 heavy (non-hydrogen) atoms. The number of carbonyl (C=O) groups is 1. The van der Waals surface area contributed by atoms with Crippen molar-refractivity contribution in [2.45, 2.75) is 32.7 Å². The molecule has 64 valence electrons. The average molecular weight is 163 g/mol.